The standard InChI is InChI=1S/C12H15FN2O2/c13-10-3-1-2-4-11(10)14-12(17)8-15-6-5-9(16)7-15/h1-4,9,16H,5-8H2,(H,14,17). The Labute approximate surface area is 99.0 Å². The molecule has 4 nitrogen and oxygen atoms in total. The molecule has 1 aliphatic rings. The highest BCUT2D eigenvalue weighted by Gasteiger charge is 2.22. The van der Waals surface area contributed by atoms with Crippen molar-refractivity contribution in [3.63, 3.8) is 0 Å². The van der Waals surface area contributed by atoms with E-state index in [-0.39, 0.29) is 24.2 Å². The van der Waals surface area contributed by atoms with Crippen LogP contribution in [0.5, 0.6) is 0 Å². The minimum atomic E-state index is -0.442. The lowest BCUT2D eigenvalue weighted by molar-refractivity contribution is -0.117. The van der Waals surface area contributed by atoms with Crippen LogP contribution in [0.3, 0.4) is 0 Å². The van der Waals surface area contributed by atoms with Crippen LogP contribution in [0.25, 0.3) is 0 Å². The molecule has 0 spiro atoms. The summed E-state index contributed by atoms with van der Waals surface area (Å²) in [6.07, 6.45) is 0.337. The van der Waals surface area contributed by atoms with Gasteiger partial charge in [0.25, 0.3) is 0 Å². The molecule has 0 bridgehead atoms. The van der Waals surface area contributed by atoms with E-state index in [2.05, 4.69) is 5.32 Å². The van der Waals surface area contributed by atoms with Gasteiger partial charge in [0.2, 0.25) is 5.91 Å². The van der Waals surface area contributed by atoms with E-state index in [4.69, 9.17) is 0 Å². The smallest absolute Gasteiger partial charge is 0.238 e. The Morgan fingerprint density at radius 3 is 2.94 bits per heavy atom. The van der Waals surface area contributed by atoms with Gasteiger partial charge in [-0.25, -0.2) is 4.39 Å². The fourth-order valence-electron chi connectivity index (χ4n) is 1.91. The maximum atomic E-state index is 13.3. The molecule has 0 saturated carbocycles. The summed E-state index contributed by atoms with van der Waals surface area (Å²) in [6, 6.07) is 6.06. The van der Waals surface area contributed by atoms with Gasteiger partial charge in [-0.1, -0.05) is 12.1 Å². The molecule has 1 aliphatic heterocycles. The third-order valence-corrected chi connectivity index (χ3v) is 2.76. The van der Waals surface area contributed by atoms with Gasteiger partial charge in [-0.15, -0.1) is 0 Å². The van der Waals surface area contributed by atoms with Gasteiger partial charge in [-0.05, 0) is 18.6 Å². The number of rotatable bonds is 3. The van der Waals surface area contributed by atoms with Crippen LogP contribution in [0.15, 0.2) is 24.3 Å². The number of carbonyl (C=O) groups excluding carboxylic acids is 1. The fraction of sp³-hybridized carbons (Fsp3) is 0.417. The van der Waals surface area contributed by atoms with Crippen molar-refractivity contribution in [2.45, 2.75) is 12.5 Å². The third-order valence-electron chi connectivity index (χ3n) is 2.76. The number of nitrogens with zero attached hydrogens (tertiary/aromatic N) is 1. The lowest BCUT2D eigenvalue weighted by atomic mass is 10.3. The zero-order valence-corrected chi connectivity index (χ0v) is 9.40. The lowest BCUT2D eigenvalue weighted by Gasteiger charge is -2.14. The Kier molecular flexibility index (Phi) is 3.71. The van der Waals surface area contributed by atoms with Crippen molar-refractivity contribution in [3.8, 4) is 0 Å². The highest BCUT2D eigenvalue weighted by molar-refractivity contribution is 5.92. The van der Waals surface area contributed by atoms with Crippen molar-refractivity contribution in [1.29, 1.82) is 0 Å². The first-order valence-electron chi connectivity index (χ1n) is 5.60. The second-order valence-corrected chi connectivity index (χ2v) is 4.21. The number of aliphatic hydroxyl groups excluding tert-OH is 1. The van der Waals surface area contributed by atoms with E-state index >= 15 is 0 Å². The number of hydrogen-bond acceptors (Lipinski definition) is 3. The molecule has 1 heterocycles. The summed E-state index contributed by atoms with van der Waals surface area (Å²) in [7, 11) is 0. The van der Waals surface area contributed by atoms with Crippen LogP contribution in [0, 0.1) is 5.82 Å². The number of halogens is 1. The molecular formula is C12H15FN2O2. The molecule has 1 aromatic rings. The largest absolute Gasteiger partial charge is 0.392 e. The summed E-state index contributed by atoms with van der Waals surface area (Å²) in [6.45, 7) is 1.39. The van der Waals surface area contributed by atoms with Crippen LogP contribution in [0.4, 0.5) is 10.1 Å². The van der Waals surface area contributed by atoms with E-state index in [9.17, 15) is 14.3 Å². The molecule has 1 fully saturated rings. The van der Waals surface area contributed by atoms with Crippen molar-refractivity contribution >= 4 is 11.6 Å². The van der Waals surface area contributed by atoms with Crippen LogP contribution in [0.1, 0.15) is 6.42 Å². The van der Waals surface area contributed by atoms with Crippen molar-refractivity contribution in [2.75, 3.05) is 25.0 Å². The molecule has 1 aromatic carbocycles. The molecule has 1 atom stereocenters. The normalized spacial score (nSPS) is 20.5. The van der Waals surface area contributed by atoms with Crippen LogP contribution >= 0.6 is 0 Å². The summed E-state index contributed by atoms with van der Waals surface area (Å²) in [4.78, 5) is 13.5. The number of β-amino-alcohol motifs (C(OH)–C–C–N with tert-alkyl or cyclic N) is 1. The molecular weight excluding hydrogens is 223 g/mol. The predicted octanol–water partition coefficient (Wildman–Crippen LogP) is 0.831. The summed E-state index contributed by atoms with van der Waals surface area (Å²) in [5.41, 5.74) is 0.192. The molecule has 1 saturated heterocycles. The Hall–Kier alpha value is -1.46. The van der Waals surface area contributed by atoms with E-state index in [0.717, 1.165) is 0 Å². The molecule has 1 unspecified atom stereocenters. The Morgan fingerprint density at radius 1 is 1.53 bits per heavy atom. The average molecular weight is 238 g/mol. The Balaban J connectivity index is 1.87. The molecule has 2 N–H and O–H groups in total. The maximum Gasteiger partial charge on any atom is 0.238 e. The summed E-state index contributed by atoms with van der Waals surface area (Å²) in [5.74, 6) is -0.702. The fourth-order valence-corrected chi connectivity index (χ4v) is 1.91. The van der Waals surface area contributed by atoms with E-state index in [1.807, 2.05) is 4.90 Å². The van der Waals surface area contributed by atoms with E-state index < -0.39 is 5.82 Å². The number of anilines is 1. The second-order valence-electron chi connectivity index (χ2n) is 4.21. The topological polar surface area (TPSA) is 52.6 Å². The van der Waals surface area contributed by atoms with E-state index in [1.54, 1.807) is 12.1 Å². The van der Waals surface area contributed by atoms with Crippen LogP contribution in [0.2, 0.25) is 0 Å². The number of carbonyl (C=O) groups is 1. The third kappa shape index (κ3) is 3.25. The quantitative estimate of drug-likeness (QED) is 0.820. The van der Waals surface area contributed by atoms with Crippen molar-refractivity contribution in [1.82, 2.24) is 4.90 Å². The summed E-state index contributed by atoms with van der Waals surface area (Å²) < 4.78 is 13.3. The minimum Gasteiger partial charge on any atom is -0.392 e. The molecule has 2 rings (SSSR count). The van der Waals surface area contributed by atoms with Gasteiger partial charge in [0.1, 0.15) is 5.82 Å². The molecule has 0 aromatic heterocycles. The van der Waals surface area contributed by atoms with Crippen LogP contribution in [-0.4, -0.2) is 41.7 Å². The van der Waals surface area contributed by atoms with Crippen molar-refractivity contribution in [3.05, 3.63) is 30.1 Å². The van der Waals surface area contributed by atoms with Crippen molar-refractivity contribution < 1.29 is 14.3 Å². The number of hydrogen-bond donors (Lipinski definition) is 2. The number of benzene rings is 1. The predicted molar refractivity (Wildman–Crippen MR) is 62.1 cm³/mol. The van der Waals surface area contributed by atoms with Gasteiger partial charge in [0.05, 0.1) is 18.3 Å². The number of para-hydroxylation sites is 1. The van der Waals surface area contributed by atoms with E-state index in [1.165, 1.54) is 12.1 Å². The second kappa shape index (κ2) is 5.25. The molecule has 1 amide bonds. The number of nitrogens with one attached hydrogen (secondary N) is 1. The van der Waals surface area contributed by atoms with E-state index in [0.29, 0.717) is 19.5 Å². The van der Waals surface area contributed by atoms with Gasteiger partial charge in [-0.2, -0.15) is 0 Å². The monoisotopic (exact) mass is 238 g/mol. The summed E-state index contributed by atoms with van der Waals surface area (Å²) >= 11 is 0. The van der Waals surface area contributed by atoms with Crippen LogP contribution < -0.4 is 5.32 Å². The van der Waals surface area contributed by atoms with Crippen LogP contribution in [-0.2, 0) is 4.79 Å². The molecule has 92 valence electrons. The Bertz CT molecular complexity index is 411. The Morgan fingerprint density at radius 2 is 2.29 bits per heavy atom. The molecule has 0 aliphatic carbocycles. The first-order chi connectivity index (χ1) is 8.15. The SMILES string of the molecule is O=C(CN1CCC(O)C1)Nc1ccccc1F. The molecule has 5 heteroatoms. The van der Waals surface area contributed by atoms with Crippen molar-refractivity contribution in [2.24, 2.45) is 0 Å². The van der Waals surface area contributed by atoms with Gasteiger partial charge < -0.3 is 10.4 Å². The highest BCUT2D eigenvalue weighted by atomic mass is 19.1. The summed E-state index contributed by atoms with van der Waals surface area (Å²) in [5, 5.41) is 11.8. The number of amides is 1. The minimum absolute atomic E-state index is 0.186. The highest BCUT2D eigenvalue weighted by Crippen LogP contribution is 2.13. The first kappa shape index (κ1) is 12.0. The number of likely N-dealkylation sites (tertiary alicyclic amines) is 1. The zero-order chi connectivity index (χ0) is 12.3. The van der Waals surface area contributed by atoms with Gasteiger partial charge in [0.15, 0.2) is 0 Å². The van der Waals surface area contributed by atoms with Gasteiger partial charge >= 0.3 is 0 Å². The van der Waals surface area contributed by atoms with Gasteiger partial charge in [-0.3, -0.25) is 9.69 Å². The molecule has 0 radical (unpaired) electrons. The molecule has 17 heavy (non-hydrogen) atoms. The first-order valence-corrected chi connectivity index (χ1v) is 5.60. The zero-order valence-electron chi connectivity index (χ0n) is 9.40. The van der Waals surface area contributed by atoms with Gasteiger partial charge in [0, 0.05) is 13.1 Å². The number of aliphatic hydroxyl groups is 1. The maximum absolute atomic E-state index is 13.3. The lowest BCUT2D eigenvalue weighted by Crippen LogP contribution is -2.32. The average Bonchev–Trinajstić information content (AvgIpc) is 2.67.